The Morgan fingerprint density at radius 2 is 2.30 bits per heavy atom. The van der Waals surface area contributed by atoms with Crippen LogP contribution in [0.2, 0.25) is 0 Å². The SMILES string of the molecule is CCCC(O)SCC(=O)O. The predicted octanol–water partition coefficient (Wildman–Crippen LogP) is 0.923. The second-order valence-electron chi connectivity index (χ2n) is 1.95. The third-order valence-corrected chi connectivity index (χ3v) is 1.97. The molecule has 0 aliphatic rings. The lowest BCUT2D eigenvalue weighted by atomic mass is 10.4. The van der Waals surface area contributed by atoms with Gasteiger partial charge in [0, 0.05) is 0 Å². The number of thioether (sulfide) groups is 1. The Balaban J connectivity index is 3.21. The van der Waals surface area contributed by atoms with Crippen molar-refractivity contribution in [1.29, 1.82) is 0 Å². The second kappa shape index (κ2) is 5.56. The number of aliphatic hydroxyl groups is 1. The number of rotatable bonds is 5. The van der Waals surface area contributed by atoms with Crippen LogP contribution in [0.5, 0.6) is 0 Å². The van der Waals surface area contributed by atoms with Crippen LogP contribution < -0.4 is 0 Å². The molecule has 3 nitrogen and oxygen atoms in total. The van der Waals surface area contributed by atoms with Crippen LogP contribution in [-0.4, -0.2) is 27.4 Å². The van der Waals surface area contributed by atoms with Crippen molar-refractivity contribution in [2.45, 2.75) is 25.2 Å². The van der Waals surface area contributed by atoms with Crippen molar-refractivity contribution in [1.82, 2.24) is 0 Å². The molecule has 0 aromatic heterocycles. The maximum atomic E-state index is 9.98. The van der Waals surface area contributed by atoms with E-state index in [2.05, 4.69) is 0 Å². The molecule has 0 rings (SSSR count). The Hall–Kier alpha value is -0.220. The fraction of sp³-hybridized carbons (Fsp3) is 0.833. The first-order valence-electron chi connectivity index (χ1n) is 3.18. The lowest BCUT2D eigenvalue weighted by Gasteiger charge is -2.05. The summed E-state index contributed by atoms with van der Waals surface area (Å²) >= 11 is 1.07. The van der Waals surface area contributed by atoms with E-state index in [1.165, 1.54) is 0 Å². The van der Waals surface area contributed by atoms with E-state index in [4.69, 9.17) is 10.2 Å². The summed E-state index contributed by atoms with van der Waals surface area (Å²) < 4.78 is 0. The first-order valence-corrected chi connectivity index (χ1v) is 4.23. The summed E-state index contributed by atoms with van der Waals surface area (Å²) in [7, 11) is 0. The quantitative estimate of drug-likeness (QED) is 0.593. The molecule has 1 unspecified atom stereocenters. The van der Waals surface area contributed by atoms with Crippen LogP contribution in [0.4, 0.5) is 0 Å². The third-order valence-electron chi connectivity index (χ3n) is 0.935. The van der Waals surface area contributed by atoms with Gasteiger partial charge in [0.1, 0.15) is 0 Å². The number of aliphatic hydroxyl groups excluding tert-OH is 1. The van der Waals surface area contributed by atoms with Crippen LogP contribution in [0.1, 0.15) is 19.8 Å². The third kappa shape index (κ3) is 5.91. The van der Waals surface area contributed by atoms with Gasteiger partial charge in [-0.2, -0.15) is 0 Å². The molecule has 10 heavy (non-hydrogen) atoms. The monoisotopic (exact) mass is 164 g/mol. The normalized spacial score (nSPS) is 13.0. The Kier molecular flexibility index (Phi) is 5.43. The van der Waals surface area contributed by atoms with E-state index in [1.807, 2.05) is 6.92 Å². The smallest absolute Gasteiger partial charge is 0.313 e. The first kappa shape index (κ1) is 9.78. The van der Waals surface area contributed by atoms with Gasteiger partial charge in [-0.15, -0.1) is 11.8 Å². The van der Waals surface area contributed by atoms with Crippen LogP contribution in [0.25, 0.3) is 0 Å². The number of hydrogen-bond donors (Lipinski definition) is 2. The Labute approximate surface area is 64.4 Å². The van der Waals surface area contributed by atoms with Gasteiger partial charge in [-0.3, -0.25) is 4.79 Å². The van der Waals surface area contributed by atoms with Gasteiger partial charge >= 0.3 is 5.97 Å². The highest BCUT2D eigenvalue weighted by molar-refractivity contribution is 8.00. The van der Waals surface area contributed by atoms with Crippen LogP contribution in [0.3, 0.4) is 0 Å². The molecule has 60 valence electrons. The van der Waals surface area contributed by atoms with Gasteiger partial charge in [-0.1, -0.05) is 13.3 Å². The minimum Gasteiger partial charge on any atom is -0.481 e. The molecule has 0 aromatic rings. The molecular formula is C6H12O3S. The summed E-state index contributed by atoms with van der Waals surface area (Å²) in [5.41, 5.74) is -0.513. The summed E-state index contributed by atoms with van der Waals surface area (Å²) in [6.07, 6.45) is 1.55. The van der Waals surface area contributed by atoms with Gasteiger partial charge in [0.05, 0.1) is 11.2 Å². The highest BCUT2D eigenvalue weighted by atomic mass is 32.2. The summed E-state index contributed by atoms with van der Waals surface area (Å²) in [5, 5.41) is 17.2. The van der Waals surface area contributed by atoms with Gasteiger partial charge in [0.2, 0.25) is 0 Å². The van der Waals surface area contributed by atoms with Crippen LogP contribution in [0.15, 0.2) is 0 Å². The molecule has 0 bridgehead atoms. The summed E-state index contributed by atoms with van der Waals surface area (Å²) in [4.78, 5) is 9.98. The molecule has 0 saturated heterocycles. The highest BCUT2D eigenvalue weighted by Crippen LogP contribution is 2.12. The standard InChI is InChI=1S/C6H12O3S/c1-2-3-6(9)10-4-5(7)8/h6,9H,2-4H2,1H3,(H,7,8). The fourth-order valence-corrected chi connectivity index (χ4v) is 1.24. The minimum absolute atomic E-state index is 0.0127. The van der Waals surface area contributed by atoms with Gasteiger partial charge in [-0.25, -0.2) is 0 Å². The Morgan fingerprint density at radius 1 is 1.70 bits per heavy atom. The van der Waals surface area contributed by atoms with Crippen LogP contribution in [-0.2, 0) is 4.79 Å². The van der Waals surface area contributed by atoms with Crippen molar-refractivity contribution in [3.05, 3.63) is 0 Å². The number of carboxylic acid groups (broad SMARTS) is 1. The molecule has 0 fully saturated rings. The van der Waals surface area contributed by atoms with Gasteiger partial charge < -0.3 is 10.2 Å². The van der Waals surface area contributed by atoms with E-state index >= 15 is 0 Å². The van der Waals surface area contributed by atoms with E-state index in [0.717, 1.165) is 18.2 Å². The number of carboxylic acids is 1. The molecule has 1 atom stereocenters. The molecule has 0 heterocycles. The van der Waals surface area contributed by atoms with E-state index < -0.39 is 11.4 Å². The van der Waals surface area contributed by atoms with Crippen molar-refractivity contribution in [3.63, 3.8) is 0 Å². The first-order chi connectivity index (χ1) is 4.66. The lowest BCUT2D eigenvalue weighted by Crippen LogP contribution is -2.06. The number of hydrogen-bond acceptors (Lipinski definition) is 3. The molecule has 2 N–H and O–H groups in total. The number of carbonyl (C=O) groups is 1. The average Bonchev–Trinajstić information content (AvgIpc) is 1.85. The molecule has 0 amide bonds. The number of aliphatic carboxylic acids is 1. The van der Waals surface area contributed by atoms with Crippen molar-refractivity contribution < 1.29 is 15.0 Å². The van der Waals surface area contributed by atoms with Gasteiger partial charge in [-0.05, 0) is 6.42 Å². The fourth-order valence-electron chi connectivity index (χ4n) is 0.498. The van der Waals surface area contributed by atoms with E-state index in [9.17, 15) is 4.79 Å². The van der Waals surface area contributed by atoms with Crippen molar-refractivity contribution >= 4 is 17.7 Å². The molecule has 0 radical (unpaired) electrons. The predicted molar refractivity (Wildman–Crippen MR) is 41.0 cm³/mol. The summed E-state index contributed by atoms with van der Waals surface area (Å²) in [5.74, 6) is -0.888. The van der Waals surface area contributed by atoms with Crippen LogP contribution >= 0.6 is 11.8 Å². The molecule has 0 aliphatic carbocycles. The average molecular weight is 164 g/mol. The van der Waals surface area contributed by atoms with E-state index in [0.29, 0.717) is 6.42 Å². The Morgan fingerprint density at radius 3 is 2.70 bits per heavy atom. The maximum Gasteiger partial charge on any atom is 0.313 e. The lowest BCUT2D eigenvalue weighted by molar-refractivity contribution is -0.133. The zero-order valence-corrected chi connectivity index (χ0v) is 6.73. The maximum absolute atomic E-state index is 9.98. The molecular weight excluding hydrogens is 152 g/mol. The minimum atomic E-state index is -0.875. The zero-order chi connectivity index (χ0) is 7.98. The summed E-state index contributed by atoms with van der Waals surface area (Å²) in [6, 6.07) is 0. The zero-order valence-electron chi connectivity index (χ0n) is 5.91. The van der Waals surface area contributed by atoms with Gasteiger partial charge in [0.25, 0.3) is 0 Å². The molecule has 0 aromatic carbocycles. The highest BCUT2D eigenvalue weighted by Gasteiger charge is 2.04. The topological polar surface area (TPSA) is 57.5 Å². The van der Waals surface area contributed by atoms with Crippen molar-refractivity contribution in [3.8, 4) is 0 Å². The summed E-state index contributed by atoms with van der Waals surface area (Å²) in [6.45, 7) is 1.95. The van der Waals surface area contributed by atoms with Crippen LogP contribution in [0, 0.1) is 0 Å². The van der Waals surface area contributed by atoms with E-state index in [1.54, 1.807) is 0 Å². The van der Waals surface area contributed by atoms with Crippen molar-refractivity contribution in [2.75, 3.05) is 5.75 Å². The molecule has 0 saturated carbocycles. The Bertz CT molecular complexity index is 105. The molecule has 4 heteroatoms. The molecule has 0 spiro atoms. The van der Waals surface area contributed by atoms with Gasteiger partial charge in [0.15, 0.2) is 0 Å². The van der Waals surface area contributed by atoms with E-state index in [-0.39, 0.29) is 5.75 Å². The second-order valence-corrected chi connectivity index (χ2v) is 3.11. The molecule has 0 aliphatic heterocycles. The van der Waals surface area contributed by atoms with Crippen molar-refractivity contribution in [2.24, 2.45) is 0 Å². The largest absolute Gasteiger partial charge is 0.481 e.